The van der Waals surface area contributed by atoms with E-state index in [4.69, 9.17) is 4.84 Å². The topological polar surface area (TPSA) is 119 Å². The summed E-state index contributed by atoms with van der Waals surface area (Å²) in [4.78, 5) is 37.9. The van der Waals surface area contributed by atoms with Crippen molar-refractivity contribution in [2.24, 2.45) is 5.92 Å². The number of aromatic nitrogens is 2. The zero-order valence-corrected chi connectivity index (χ0v) is 24.9. The lowest BCUT2D eigenvalue weighted by atomic mass is 9.91. The number of carbonyl (C=O) groups is 2. The number of Topliss-reactive ketones (excluding diaryl/α,β-unsaturated/α-hetero) is 1. The third-order valence-corrected chi connectivity index (χ3v) is 9.14. The molecule has 1 saturated heterocycles. The molecule has 1 amide bonds. The Labute approximate surface area is 257 Å². The number of β-lactam (4-membered cyclic amide) rings is 1. The number of nitrogens with zero attached hydrogens (tertiary/aromatic N) is 3. The Morgan fingerprint density at radius 2 is 1.73 bits per heavy atom. The van der Waals surface area contributed by atoms with Crippen LogP contribution in [0.1, 0.15) is 22.5 Å². The first kappa shape index (κ1) is 30.0. The van der Waals surface area contributed by atoms with Crippen molar-refractivity contribution >= 4 is 38.3 Å². The molecule has 9 nitrogen and oxygen atoms in total. The lowest BCUT2D eigenvalue weighted by molar-refractivity contribution is -0.208. The van der Waals surface area contributed by atoms with E-state index in [1.807, 2.05) is 36.4 Å². The molecule has 1 atom stereocenters. The molecule has 45 heavy (non-hydrogen) atoms. The minimum absolute atomic E-state index is 0.112. The highest BCUT2D eigenvalue weighted by Crippen LogP contribution is 2.33. The summed E-state index contributed by atoms with van der Waals surface area (Å²) >= 11 is 0. The highest BCUT2D eigenvalue weighted by molar-refractivity contribution is 7.92. The largest absolute Gasteiger partial charge is 0.294 e. The van der Waals surface area contributed by atoms with Crippen LogP contribution < -0.4 is 4.72 Å². The number of hydroxylamine groups is 2. The third-order valence-electron chi connectivity index (χ3n) is 7.74. The van der Waals surface area contributed by atoms with Gasteiger partial charge in [0.15, 0.2) is 5.78 Å². The molecule has 3 heterocycles. The number of pyridine rings is 2. The van der Waals surface area contributed by atoms with E-state index in [-0.39, 0.29) is 29.7 Å². The Hall–Kier alpha value is -5.07. The first-order valence-electron chi connectivity index (χ1n) is 13.9. The van der Waals surface area contributed by atoms with E-state index < -0.39 is 26.6 Å². The summed E-state index contributed by atoms with van der Waals surface area (Å²) < 4.78 is 55.9. The monoisotopic (exact) mass is 628 g/mol. The van der Waals surface area contributed by atoms with Gasteiger partial charge in [-0.2, -0.15) is 0 Å². The zero-order chi connectivity index (χ0) is 31.9. The summed E-state index contributed by atoms with van der Waals surface area (Å²) in [6.07, 6.45) is 3.40. The standard InChI is InChI=1S/C33H26F2N4O5S/c1-19-30(38-45(42,43)32-10-8-25(34)16-28(32)35)14-23(17-37-19)22-7-9-29-27(13-22)26(11-12-36-29)20-3-5-21(6-4-20)31(40)15-24-18-39(44-2)33(24)41/h3-14,16-17,24,38H,15,18H2,1-2H3/t24-/m1/s1. The molecule has 1 N–H and O–H groups in total. The summed E-state index contributed by atoms with van der Waals surface area (Å²) in [6, 6.07) is 18.4. The molecular formula is C33H26F2N4O5S. The quantitative estimate of drug-likeness (QED) is 0.158. The first-order chi connectivity index (χ1) is 21.5. The van der Waals surface area contributed by atoms with Gasteiger partial charge in [-0.25, -0.2) is 22.3 Å². The first-order valence-corrected chi connectivity index (χ1v) is 15.3. The summed E-state index contributed by atoms with van der Waals surface area (Å²) in [5, 5.41) is 2.04. The number of rotatable bonds is 9. The summed E-state index contributed by atoms with van der Waals surface area (Å²) in [7, 11) is -2.95. The molecule has 0 unspecified atom stereocenters. The number of ketones is 1. The molecule has 0 bridgehead atoms. The Morgan fingerprint density at radius 3 is 2.44 bits per heavy atom. The van der Waals surface area contributed by atoms with Crippen molar-refractivity contribution in [2.75, 3.05) is 18.4 Å². The molecule has 1 aliphatic rings. The fourth-order valence-corrected chi connectivity index (χ4v) is 6.39. The number of aryl methyl sites for hydroxylation is 1. The molecule has 12 heteroatoms. The van der Waals surface area contributed by atoms with E-state index in [0.29, 0.717) is 29.4 Å². The van der Waals surface area contributed by atoms with Crippen LogP contribution in [0.3, 0.4) is 0 Å². The fourth-order valence-electron chi connectivity index (χ4n) is 5.22. The van der Waals surface area contributed by atoms with Gasteiger partial charge in [0.25, 0.3) is 15.9 Å². The van der Waals surface area contributed by atoms with Gasteiger partial charge in [-0.05, 0) is 60.0 Å². The molecule has 6 rings (SSSR count). The van der Waals surface area contributed by atoms with E-state index in [2.05, 4.69) is 14.7 Å². The predicted molar refractivity (Wildman–Crippen MR) is 163 cm³/mol. The second kappa shape index (κ2) is 11.8. The molecule has 0 aliphatic carbocycles. The number of sulfonamides is 1. The van der Waals surface area contributed by atoms with Crippen LogP contribution in [0.4, 0.5) is 14.5 Å². The summed E-state index contributed by atoms with van der Waals surface area (Å²) in [5.41, 5.74) is 4.74. The number of fused-ring (bicyclic) bond motifs is 1. The van der Waals surface area contributed by atoms with Crippen molar-refractivity contribution in [2.45, 2.75) is 18.2 Å². The van der Waals surface area contributed by atoms with Crippen molar-refractivity contribution in [1.82, 2.24) is 15.0 Å². The third kappa shape index (κ3) is 5.89. The minimum Gasteiger partial charge on any atom is -0.294 e. The number of anilines is 1. The molecule has 1 fully saturated rings. The Balaban J connectivity index is 1.28. The molecule has 5 aromatic rings. The molecule has 0 saturated carbocycles. The maximum atomic E-state index is 14.3. The van der Waals surface area contributed by atoms with Crippen LogP contribution in [0.15, 0.2) is 90.1 Å². The number of amides is 1. The summed E-state index contributed by atoms with van der Waals surface area (Å²) in [6.45, 7) is 2.00. The molecule has 0 spiro atoms. The van der Waals surface area contributed by atoms with E-state index in [1.165, 1.54) is 12.2 Å². The van der Waals surface area contributed by atoms with Crippen LogP contribution >= 0.6 is 0 Å². The van der Waals surface area contributed by atoms with Crippen molar-refractivity contribution in [3.05, 3.63) is 108 Å². The molecule has 2 aromatic heterocycles. The Morgan fingerprint density at radius 1 is 0.978 bits per heavy atom. The predicted octanol–water partition coefficient (Wildman–Crippen LogP) is 5.94. The fraction of sp³-hybridized carbons (Fsp3) is 0.152. The van der Waals surface area contributed by atoms with Gasteiger partial charge in [-0.3, -0.25) is 29.1 Å². The number of nitrogens with one attached hydrogen (secondary N) is 1. The van der Waals surface area contributed by atoms with E-state index >= 15 is 0 Å². The zero-order valence-electron chi connectivity index (χ0n) is 24.1. The van der Waals surface area contributed by atoms with Crippen molar-refractivity contribution < 1.29 is 31.6 Å². The van der Waals surface area contributed by atoms with Crippen molar-refractivity contribution in [1.29, 1.82) is 0 Å². The van der Waals surface area contributed by atoms with E-state index in [1.54, 1.807) is 37.5 Å². The highest BCUT2D eigenvalue weighted by Gasteiger charge is 2.38. The van der Waals surface area contributed by atoms with Crippen molar-refractivity contribution in [3.63, 3.8) is 0 Å². The van der Waals surface area contributed by atoms with Crippen LogP contribution in [0, 0.1) is 24.5 Å². The SMILES string of the molecule is CON1C[C@@H](CC(=O)c2ccc(-c3ccnc4ccc(-c5cnc(C)c(NS(=O)(=O)c6ccc(F)cc6F)c5)cc34)cc2)C1=O. The van der Waals surface area contributed by atoms with Crippen LogP contribution in [0.25, 0.3) is 33.2 Å². The molecule has 3 aromatic carbocycles. The second-order valence-electron chi connectivity index (χ2n) is 10.6. The lowest BCUT2D eigenvalue weighted by Gasteiger charge is -2.35. The highest BCUT2D eigenvalue weighted by atomic mass is 32.2. The minimum atomic E-state index is -4.37. The summed E-state index contributed by atoms with van der Waals surface area (Å²) in [5.74, 6) is -2.80. The van der Waals surface area contributed by atoms with Gasteiger partial charge in [0.05, 0.1) is 36.5 Å². The number of halogens is 2. The van der Waals surface area contributed by atoms with Gasteiger partial charge in [-0.1, -0.05) is 30.3 Å². The molecule has 1 aliphatic heterocycles. The normalized spacial score (nSPS) is 14.8. The molecule has 0 radical (unpaired) electrons. The maximum absolute atomic E-state index is 14.3. The maximum Gasteiger partial charge on any atom is 0.264 e. The van der Waals surface area contributed by atoms with Gasteiger partial charge in [-0.15, -0.1) is 0 Å². The average Bonchev–Trinajstić information content (AvgIpc) is 3.02. The van der Waals surface area contributed by atoms with Gasteiger partial charge in [0, 0.05) is 41.4 Å². The van der Waals surface area contributed by atoms with Crippen LogP contribution in [0.5, 0.6) is 0 Å². The Bertz CT molecular complexity index is 2090. The molecule has 228 valence electrons. The van der Waals surface area contributed by atoms with E-state index in [0.717, 1.165) is 39.7 Å². The van der Waals surface area contributed by atoms with Crippen LogP contribution in [-0.2, 0) is 19.7 Å². The van der Waals surface area contributed by atoms with Crippen LogP contribution in [0.2, 0.25) is 0 Å². The van der Waals surface area contributed by atoms with Gasteiger partial charge < -0.3 is 0 Å². The van der Waals surface area contributed by atoms with Gasteiger partial charge in [0.1, 0.15) is 16.5 Å². The van der Waals surface area contributed by atoms with Crippen molar-refractivity contribution in [3.8, 4) is 22.3 Å². The van der Waals surface area contributed by atoms with Gasteiger partial charge >= 0.3 is 0 Å². The lowest BCUT2D eigenvalue weighted by Crippen LogP contribution is -2.52. The smallest absolute Gasteiger partial charge is 0.264 e. The number of hydrogen-bond donors (Lipinski definition) is 1. The van der Waals surface area contributed by atoms with E-state index in [9.17, 15) is 26.8 Å². The molecular weight excluding hydrogens is 602 g/mol. The Kier molecular flexibility index (Phi) is 7.85. The number of benzene rings is 3. The number of carbonyl (C=O) groups excluding carboxylic acids is 2. The average molecular weight is 629 g/mol. The second-order valence-corrected chi connectivity index (χ2v) is 12.3. The van der Waals surface area contributed by atoms with Crippen LogP contribution in [-0.4, -0.2) is 48.8 Å². The number of hydrogen-bond acceptors (Lipinski definition) is 7. The van der Waals surface area contributed by atoms with Gasteiger partial charge in [0.2, 0.25) is 0 Å².